The quantitative estimate of drug-likeness (QED) is 0.661. The van der Waals surface area contributed by atoms with Crippen LogP contribution in [-0.2, 0) is 28.7 Å². The Balaban J connectivity index is 2.77. The average molecular weight is 259 g/mol. The molecule has 7 nitrogen and oxygen atoms in total. The van der Waals surface area contributed by atoms with Crippen molar-refractivity contribution in [1.29, 1.82) is 0 Å². The molecule has 0 aromatic carbocycles. The van der Waals surface area contributed by atoms with Crippen molar-refractivity contribution in [3.63, 3.8) is 0 Å². The predicted octanol–water partition coefficient (Wildman–Crippen LogP) is 0.0320. The van der Waals surface area contributed by atoms with E-state index >= 15 is 0 Å². The molecule has 0 aromatic rings. The van der Waals surface area contributed by atoms with E-state index in [2.05, 4.69) is 0 Å². The minimum absolute atomic E-state index is 0.179. The molecule has 3 atom stereocenters. The summed E-state index contributed by atoms with van der Waals surface area (Å²) in [6.45, 7) is 5.71. The Hall–Kier alpha value is -1.63. The SMILES string of the molecule is CC(=O)O[C@@H]1[C@H](OC(C)=O)CN(OC(C)=O)[C@H]1C. The molecule has 0 saturated carbocycles. The van der Waals surface area contributed by atoms with Gasteiger partial charge in [0.15, 0.2) is 12.2 Å². The van der Waals surface area contributed by atoms with Crippen LogP contribution in [0.1, 0.15) is 27.7 Å². The summed E-state index contributed by atoms with van der Waals surface area (Å²) in [4.78, 5) is 37.9. The minimum atomic E-state index is -0.647. The van der Waals surface area contributed by atoms with Gasteiger partial charge in [-0.05, 0) is 6.92 Å². The Labute approximate surface area is 105 Å². The maximum Gasteiger partial charge on any atom is 0.322 e. The van der Waals surface area contributed by atoms with Gasteiger partial charge in [0.1, 0.15) is 0 Å². The largest absolute Gasteiger partial charge is 0.457 e. The van der Waals surface area contributed by atoms with Crippen LogP contribution in [0.15, 0.2) is 0 Å². The van der Waals surface area contributed by atoms with E-state index in [0.717, 1.165) is 0 Å². The Kier molecular flexibility index (Phi) is 4.66. The molecule has 1 fully saturated rings. The molecule has 0 aliphatic carbocycles. The summed E-state index contributed by atoms with van der Waals surface area (Å²) in [5.74, 6) is -1.44. The number of hydrogen-bond acceptors (Lipinski definition) is 7. The molecule has 1 aliphatic rings. The third-order valence-corrected chi connectivity index (χ3v) is 2.52. The molecule has 7 heteroatoms. The van der Waals surface area contributed by atoms with E-state index in [4.69, 9.17) is 14.3 Å². The minimum Gasteiger partial charge on any atom is -0.457 e. The molecule has 1 heterocycles. The van der Waals surface area contributed by atoms with Crippen molar-refractivity contribution in [2.45, 2.75) is 45.9 Å². The molecule has 0 spiro atoms. The lowest BCUT2D eigenvalue weighted by molar-refractivity contribution is -0.194. The Morgan fingerprint density at radius 3 is 2.00 bits per heavy atom. The first-order valence-electron chi connectivity index (χ1n) is 5.61. The zero-order chi connectivity index (χ0) is 13.9. The van der Waals surface area contributed by atoms with E-state index in [9.17, 15) is 14.4 Å². The van der Waals surface area contributed by atoms with Crippen LogP contribution in [0.5, 0.6) is 0 Å². The summed E-state index contributed by atoms with van der Waals surface area (Å²) >= 11 is 0. The third kappa shape index (κ3) is 3.69. The second kappa shape index (κ2) is 5.81. The smallest absolute Gasteiger partial charge is 0.322 e. The van der Waals surface area contributed by atoms with Crippen molar-refractivity contribution in [2.75, 3.05) is 6.54 Å². The predicted molar refractivity (Wildman–Crippen MR) is 59.0 cm³/mol. The maximum absolute atomic E-state index is 11.0. The third-order valence-electron chi connectivity index (χ3n) is 2.52. The van der Waals surface area contributed by atoms with Gasteiger partial charge < -0.3 is 14.3 Å². The number of esters is 2. The second-order valence-electron chi connectivity index (χ2n) is 4.15. The van der Waals surface area contributed by atoms with Gasteiger partial charge >= 0.3 is 17.9 Å². The van der Waals surface area contributed by atoms with Crippen LogP contribution < -0.4 is 0 Å². The fourth-order valence-corrected chi connectivity index (χ4v) is 1.89. The normalized spacial score (nSPS) is 27.7. The molecule has 102 valence electrons. The van der Waals surface area contributed by atoms with E-state index in [0.29, 0.717) is 0 Å². The van der Waals surface area contributed by atoms with E-state index < -0.39 is 30.1 Å². The van der Waals surface area contributed by atoms with Crippen molar-refractivity contribution < 1.29 is 28.7 Å². The Morgan fingerprint density at radius 1 is 1.00 bits per heavy atom. The van der Waals surface area contributed by atoms with E-state index in [1.807, 2.05) is 0 Å². The number of hydrogen-bond donors (Lipinski definition) is 0. The monoisotopic (exact) mass is 259 g/mol. The van der Waals surface area contributed by atoms with Gasteiger partial charge in [-0.1, -0.05) is 0 Å². The van der Waals surface area contributed by atoms with Crippen molar-refractivity contribution in [1.82, 2.24) is 5.06 Å². The van der Waals surface area contributed by atoms with Gasteiger partial charge in [0.2, 0.25) is 0 Å². The van der Waals surface area contributed by atoms with E-state index in [1.165, 1.54) is 25.8 Å². The van der Waals surface area contributed by atoms with Crippen LogP contribution in [0.4, 0.5) is 0 Å². The lowest BCUT2D eigenvalue weighted by Crippen LogP contribution is -2.38. The molecule has 0 radical (unpaired) electrons. The number of hydroxylamine groups is 2. The summed E-state index contributed by atoms with van der Waals surface area (Å²) in [6, 6.07) is -0.373. The fraction of sp³-hybridized carbons (Fsp3) is 0.727. The van der Waals surface area contributed by atoms with Crippen LogP contribution >= 0.6 is 0 Å². The van der Waals surface area contributed by atoms with Crippen LogP contribution in [0.25, 0.3) is 0 Å². The van der Waals surface area contributed by atoms with Crippen LogP contribution in [0.2, 0.25) is 0 Å². The van der Waals surface area contributed by atoms with Gasteiger partial charge in [0.05, 0.1) is 12.6 Å². The van der Waals surface area contributed by atoms with Gasteiger partial charge in [-0.25, -0.2) is 0 Å². The molecule has 0 amide bonds. The average Bonchev–Trinajstić information content (AvgIpc) is 2.44. The summed E-state index contributed by atoms with van der Waals surface area (Å²) in [5.41, 5.74) is 0. The molecule has 0 bridgehead atoms. The number of carbonyl (C=O) groups is 3. The maximum atomic E-state index is 11.0. The molecule has 1 saturated heterocycles. The molecule has 1 rings (SSSR count). The summed E-state index contributed by atoms with van der Waals surface area (Å²) in [6.07, 6.45) is -1.29. The zero-order valence-corrected chi connectivity index (χ0v) is 10.8. The fourth-order valence-electron chi connectivity index (χ4n) is 1.89. The molecule has 18 heavy (non-hydrogen) atoms. The first kappa shape index (κ1) is 14.4. The summed E-state index contributed by atoms with van der Waals surface area (Å²) in [5, 5.41) is 1.35. The molecular weight excluding hydrogens is 242 g/mol. The number of carbonyl (C=O) groups excluding carboxylic acids is 3. The lowest BCUT2D eigenvalue weighted by atomic mass is 10.1. The summed E-state index contributed by atoms with van der Waals surface area (Å²) < 4.78 is 10.2. The van der Waals surface area contributed by atoms with Gasteiger partial charge in [0, 0.05) is 20.8 Å². The first-order chi connectivity index (χ1) is 8.31. The van der Waals surface area contributed by atoms with Crippen molar-refractivity contribution in [3.05, 3.63) is 0 Å². The number of rotatable bonds is 3. The van der Waals surface area contributed by atoms with E-state index in [-0.39, 0.29) is 12.6 Å². The first-order valence-corrected chi connectivity index (χ1v) is 5.61. The van der Waals surface area contributed by atoms with Gasteiger partial charge in [-0.3, -0.25) is 14.4 Å². The number of ether oxygens (including phenoxy) is 2. The zero-order valence-electron chi connectivity index (χ0n) is 10.8. The lowest BCUT2D eigenvalue weighted by Gasteiger charge is -2.22. The van der Waals surface area contributed by atoms with Crippen LogP contribution in [0.3, 0.4) is 0 Å². The Bertz CT molecular complexity index is 355. The highest BCUT2D eigenvalue weighted by atomic mass is 16.7. The van der Waals surface area contributed by atoms with Gasteiger partial charge in [-0.2, -0.15) is 0 Å². The molecule has 0 N–H and O–H groups in total. The topological polar surface area (TPSA) is 82.1 Å². The van der Waals surface area contributed by atoms with E-state index in [1.54, 1.807) is 6.92 Å². The van der Waals surface area contributed by atoms with Crippen LogP contribution in [0, 0.1) is 0 Å². The molecule has 1 aliphatic heterocycles. The van der Waals surface area contributed by atoms with Crippen molar-refractivity contribution >= 4 is 17.9 Å². The molecule has 0 aromatic heterocycles. The highest BCUT2D eigenvalue weighted by molar-refractivity contribution is 5.68. The Morgan fingerprint density at radius 2 is 1.56 bits per heavy atom. The summed E-state index contributed by atoms with van der Waals surface area (Å²) in [7, 11) is 0. The van der Waals surface area contributed by atoms with Crippen molar-refractivity contribution in [2.24, 2.45) is 0 Å². The van der Waals surface area contributed by atoms with Crippen LogP contribution in [-0.4, -0.2) is 47.8 Å². The second-order valence-corrected chi connectivity index (χ2v) is 4.15. The van der Waals surface area contributed by atoms with Crippen molar-refractivity contribution in [3.8, 4) is 0 Å². The highest BCUT2D eigenvalue weighted by Crippen LogP contribution is 2.24. The number of nitrogens with zero attached hydrogens (tertiary/aromatic N) is 1. The molecule has 0 unspecified atom stereocenters. The van der Waals surface area contributed by atoms with Gasteiger partial charge in [-0.15, -0.1) is 5.06 Å². The van der Waals surface area contributed by atoms with Gasteiger partial charge in [0.25, 0.3) is 0 Å². The standard InChI is InChI=1S/C11H17NO6/c1-6-11(17-8(3)14)10(16-7(2)13)5-12(6)18-9(4)15/h6,10-11H,5H2,1-4H3/t6-,10+,11-/m0/s1. The highest BCUT2D eigenvalue weighted by Gasteiger charge is 2.45. The molecular formula is C11H17NO6.